The lowest BCUT2D eigenvalue weighted by molar-refractivity contribution is -0.384. The van der Waals surface area contributed by atoms with Crippen LogP contribution < -0.4 is 5.32 Å². The highest BCUT2D eigenvalue weighted by molar-refractivity contribution is 7.13. The van der Waals surface area contributed by atoms with E-state index in [1.807, 2.05) is 24.4 Å². The Balaban J connectivity index is 1.69. The van der Waals surface area contributed by atoms with Crippen molar-refractivity contribution in [2.24, 2.45) is 0 Å². The van der Waals surface area contributed by atoms with Crippen molar-refractivity contribution < 1.29 is 4.92 Å². The Morgan fingerprint density at radius 3 is 2.95 bits per heavy atom. The summed E-state index contributed by atoms with van der Waals surface area (Å²) in [5, 5.41) is 23.0. The number of nitro groups is 1. The second-order valence-electron chi connectivity index (χ2n) is 4.69. The minimum Gasteiger partial charge on any atom is -0.378 e. The Morgan fingerprint density at radius 2 is 2.27 bits per heavy atom. The molecule has 112 valence electrons. The van der Waals surface area contributed by atoms with Gasteiger partial charge in [0.1, 0.15) is 5.82 Å². The van der Waals surface area contributed by atoms with E-state index in [1.54, 1.807) is 23.5 Å². The van der Waals surface area contributed by atoms with Gasteiger partial charge in [-0.1, -0.05) is 6.07 Å². The normalized spacial score (nSPS) is 10.6. The van der Waals surface area contributed by atoms with Gasteiger partial charge in [0, 0.05) is 17.8 Å². The van der Waals surface area contributed by atoms with Gasteiger partial charge in [-0.3, -0.25) is 15.2 Å². The number of rotatable bonds is 5. The molecule has 22 heavy (non-hydrogen) atoms. The summed E-state index contributed by atoms with van der Waals surface area (Å²) in [4.78, 5) is 15.7. The van der Waals surface area contributed by atoms with Gasteiger partial charge in [-0.05, 0) is 30.0 Å². The maximum absolute atomic E-state index is 10.7. The van der Waals surface area contributed by atoms with Crippen LogP contribution in [-0.4, -0.2) is 20.1 Å². The smallest absolute Gasteiger partial charge is 0.269 e. The molecule has 2 heterocycles. The molecule has 0 atom stereocenters. The van der Waals surface area contributed by atoms with Crippen LogP contribution in [0.5, 0.6) is 0 Å². The summed E-state index contributed by atoms with van der Waals surface area (Å²) >= 11 is 1.58. The third-order valence-electron chi connectivity index (χ3n) is 3.14. The van der Waals surface area contributed by atoms with Crippen molar-refractivity contribution in [2.45, 2.75) is 13.5 Å². The van der Waals surface area contributed by atoms with Crippen molar-refractivity contribution in [3.05, 3.63) is 57.2 Å². The minimum atomic E-state index is -0.402. The Hall–Kier alpha value is -2.74. The van der Waals surface area contributed by atoms with Crippen LogP contribution in [0, 0.1) is 17.0 Å². The monoisotopic (exact) mass is 315 g/mol. The van der Waals surface area contributed by atoms with Crippen LogP contribution in [-0.2, 0) is 6.54 Å². The van der Waals surface area contributed by atoms with E-state index >= 15 is 0 Å². The molecular formula is C14H13N5O2S. The standard InChI is InChI=1S/C14H13N5O2S/c1-9-7-10(19(20)21)4-5-11(9)15-8-13-16-14(18-17-13)12-3-2-6-22-12/h2-7,15H,8H2,1H3,(H,16,17,18). The third kappa shape index (κ3) is 2.96. The fraction of sp³-hybridized carbons (Fsp3) is 0.143. The van der Waals surface area contributed by atoms with E-state index in [0.717, 1.165) is 16.1 Å². The molecule has 0 bridgehead atoms. The van der Waals surface area contributed by atoms with E-state index in [1.165, 1.54) is 6.07 Å². The van der Waals surface area contributed by atoms with E-state index in [4.69, 9.17) is 0 Å². The molecule has 0 amide bonds. The Kier molecular flexibility index (Phi) is 3.84. The van der Waals surface area contributed by atoms with Crippen LogP contribution in [0.25, 0.3) is 10.7 Å². The number of anilines is 1. The number of aromatic amines is 1. The first-order chi connectivity index (χ1) is 10.6. The quantitative estimate of drug-likeness (QED) is 0.556. The van der Waals surface area contributed by atoms with Crippen LogP contribution in [0.4, 0.5) is 11.4 Å². The van der Waals surface area contributed by atoms with E-state index in [2.05, 4.69) is 20.5 Å². The predicted octanol–water partition coefficient (Wildman–Crippen LogP) is 3.36. The number of nitrogens with zero attached hydrogens (tertiary/aromatic N) is 3. The first-order valence-corrected chi connectivity index (χ1v) is 7.45. The fourth-order valence-electron chi connectivity index (χ4n) is 2.03. The van der Waals surface area contributed by atoms with Gasteiger partial charge in [0.15, 0.2) is 5.82 Å². The number of aryl methyl sites for hydroxylation is 1. The van der Waals surface area contributed by atoms with Gasteiger partial charge in [-0.2, -0.15) is 5.10 Å². The van der Waals surface area contributed by atoms with Gasteiger partial charge in [-0.25, -0.2) is 4.98 Å². The number of hydrogen-bond acceptors (Lipinski definition) is 6. The Bertz CT molecular complexity index is 797. The van der Waals surface area contributed by atoms with Crippen molar-refractivity contribution in [1.82, 2.24) is 15.2 Å². The average molecular weight is 315 g/mol. The van der Waals surface area contributed by atoms with E-state index < -0.39 is 4.92 Å². The van der Waals surface area contributed by atoms with Gasteiger partial charge in [0.25, 0.3) is 5.69 Å². The number of benzene rings is 1. The van der Waals surface area contributed by atoms with Gasteiger partial charge in [0.05, 0.1) is 16.3 Å². The Labute approximate surface area is 130 Å². The molecule has 0 saturated heterocycles. The number of hydrogen-bond donors (Lipinski definition) is 2. The number of H-pyrrole nitrogens is 1. The molecule has 0 aliphatic heterocycles. The summed E-state index contributed by atoms with van der Waals surface area (Å²) in [6.45, 7) is 2.30. The molecular weight excluding hydrogens is 302 g/mol. The summed E-state index contributed by atoms with van der Waals surface area (Å²) in [5.41, 5.74) is 1.73. The van der Waals surface area contributed by atoms with Crippen LogP contribution in [0.3, 0.4) is 0 Å². The van der Waals surface area contributed by atoms with E-state index in [-0.39, 0.29) is 5.69 Å². The highest BCUT2D eigenvalue weighted by Crippen LogP contribution is 2.22. The molecule has 0 unspecified atom stereocenters. The summed E-state index contributed by atoms with van der Waals surface area (Å²) in [6.07, 6.45) is 0. The Morgan fingerprint density at radius 1 is 1.41 bits per heavy atom. The van der Waals surface area contributed by atoms with Crippen molar-refractivity contribution in [3.63, 3.8) is 0 Å². The second-order valence-corrected chi connectivity index (χ2v) is 5.64. The second kappa shape index (κ2) is 5.94. The fourth-order valence-corrected chi connectivity index (χ4v) is 2.69. The lowest BCUT2D eigenvalue weighted by Crippen LogP contribution is -2.03. The average Bonchev–Trinajstić information content (AvgIpc) is 3.16. The summed E-state index contributed by atoms with van der Waals surface area (Å²) in [7, 11) is 0. The van der Waals surface area contributed by atoms with E-state index in [9.17, 15) is 10.1 Å². The topological polar surface area (TPSA) is 96.7 Å². The third-order valence-corrected chi connectivity index (χ3v) is 4.01. The zero-order valence-corrected chi connectivity index (χ0v) is 12.6. The van der Waals surface area contributed by atoms with Crippen LogP contribution >= 0.6 is 11.3 Å². The molecule has 2 aromatic heterocycles. The molecule has 0 aliphatic carbocycles. The molecule has 8 heteroatoms. The highest BCUT2D eigenvalue weighted by atomic mass is 32.1. The molecule has 2 N–H and O–H groups in total. The first-order valence-electron chi connectivity index (χ1n) is 6.57. The predicted molar refractivity (Wildman–Crippen MR) is 84.9 cm³/mol. The molecule has 0 aliphatic rings. The maximum Gasteiger partial charge on any atom is 0.269 e. The largest absolute Gasteiger partial charge is 0.378 e. The molecule has 1 aromatic carbocycles. The van der Waals surface area contributed by atoms with Crippen molar-refractivity contribution in [3.8, 4) is 10.7 Å². The molecule has 0 saturated carbocycles. The zero-order chi connectivity index (χ0) is 15.5. The van der Waals surface area contributed by atoms with Crippen molar-refractivity contribution in [1.29, 1.82) is 0 Å². The number of nitro benzene ring substituents is 1. The minimum absolute atomic E-state index is 0.0858. The number of thiophene rings is 1. The number of nitrogens with one attached hydrogen (secondary N) is 2. The first kappa shape index (κ1) is 14.2. The summed E-state index contributed by atoms with van der Waals surface area (Å²) < 4.78 is 0. The van der Waals surface area contributed by atoms with Crippen molar-refractivity contribution >= 4 is 22.7 Å². The number of aromatic nitrogens is 3. The van der Waals surface area contributed by atoms with Crippen LogP contribution in [0.1, 0.15) is 11.4 Å². The summed E-state index contributed by atoms with van der Waals surface area (Å²) in [6, 6.07) is 8.64. The summed E-state index contributed by atoms with van der Waals surface area (Å²) in [5.74, 6) is 1.38. The van der Waals surface area contributed by atoms with Crippen LogP contribution in [0.2, 0.25) is 0 Å². The maximum atomic E-state index is 10.7. The van der Waals surface area contributed by atoms with Gasteiger partial charge < -0.3 is 5.32 Å². The highest BCUT2D eigenvalue weighted by Gasteiger charge is 2.09. The van der Waals surface area contributed by atoms with Gasteiger partial charge >= 0.3 is 0 Å². The molecule has 0 fully saturated rings. The molecule has 3 rings (SSSR count). The molecule has 0 spiro atoms. The number of non-ortho nitro benzene ring substituents is 1. The molecule has 3 aromatic rings. The molecule has 0 radical (unpaired) electrons. The SMILES string of the molecule is Cc1cc([N+](=O)[O-])ccc1NCc1nc(-c2cccs2)n[nH]1. The van der Waals surface area contributed by atoms with Crippen molar-refractivity contribution in [2.75, 3.05) is 5.32 Å². The van der Waals surface area contributed by atoms with Gasteiger partial charge in [0.2, 0.25) is 0 Å². The lowest BCUT2D eigenvalue weighted by atomic mass is 10.2. The zero-order valence-electron chi connectivity index (χ0n) is 11.7. The molecule has 7 nitrogen and oxygen atoms in total. The lowest BCUT2D eigenvalue weighted by Gasteiger charge is -2.07. The van der Waals surface area contributed by atoms with Crippen LogP contribution in [0.15, 0.2) is 35.7 Å². The van der Waals surface area contributed by atoms with Gasteiger partial charge in [-0.15, -0.1) is 11.3 Å². The van der Waals surface area contributed by atoms with E-state index in [0.29, 0.717) is 18.2 Å².